The van der Waals surface area contributed by atoms with Gasteiger partial charge in [-0.3, -0.25) is 0 Å². The van der Waals surface area contributed by atoms with Gasteiger partial charge in [0.15, 0.2) is 0 Å². The highest BCUT2D eigenvalue weighted by Gasteiger charge is 2.17. The summed E-state index contributed by atoms with van der Waals surface area (Å²) in [5, 5.41) is 6.09. The van der Waals surface area contributed by atoms with Crippen LogP contribution < -0.4 is 15.8 Å². The first-order chi connectivity index (χ1) is 12.8. The van der Waals surface area contributed by atoms with Gasteiger partial charge in [0.25, 0.3) is 0 Å². The van der Waals surface area contributed by atoms with Gasteiger partial charge in [0.05, 0.1) is 0 Å². The molecule has 0 amide bonds. The summed E-state index contributed by atoms with van der Waals surface area (Å²) < 4.78 is 0. The molecule has 1 N–H and O–H groups in total. The Hall–Kier alpha value is -2.63. The van der Waals surface area contributed by atoms with Crippen molar-refractivity contribution in [3.8, 4) is 11.8 Å². The van der Waals surface area contributed by atoms with Crippen molar-refractivity contribution in [2.24, 2.45) is 0 Å². The maximum atomic E-state index is 4.80. The van der Waals surface area contributed by atoms with Crippen LogP contribution in [0.25, 0.3) is 11.1 Å². The summed E-state index contributed by atoms with van der Waals surface area (Å²) in [5.41, 5.74) is 6.08. The van der Waals surface area contributed by atoms with Gasteiger partial charge in [0, 0.05) is 35.0 Å². The van der Waals surface area contributed by atoms with E-state index >= 15 is 0 Å². The van der Waals surface area contributed by atoms with Gasteiger partial charge in [-0.05, 0) is 40.6 Å². The molecular weight excluding hydrogens is 334 g/mol. The number of thiol groups is 1. The third-order valence-electron chi connectivity index (χ3n) is 4.80. The average Bonchev–Trinajstić information content (AvgIpc) is 2.90. The molecule has 1 aliphatic carbocycles. The molecule has 2 aliphatic rings. The van der Waals surface area contributed by atoms with Gasteiger partial charge in [0.1, 0.15) is 0 Å². The monoisotopic (exact) mass is 355 g/mol. The molecule has 0 aromatic heterocycles. The number of rotatable bonds is 2. The highest BCUT2D eigenvalue weighted by atomic mass is 32.1. The number of hydrogen-bond acceptors (Lipinski definition) is 2. The molecule has 0 radical (unpaired) electrons. The summed E-state index contributed by atoms with van der Waals surface area (Å²) in [7, 11) is 0. The van der Waals surface area contributed by atoms with Gasteiger partial charge in [-0.25, -0.2) is 0 Å². The minimum absolute atomic E-state index is 0.0911. The van der Waals surface area contributed by atoms with E-state index in [2.05, 4.69) is 90.8 Å². The molecule has 1 atom stereocenters. The van der Waals surface area contributed by atoms with Gasteiger partial charge in [-0.15, -0.1) is 0 Å². The van der Waals surface area contributed by atoms with Crippen molar-refractivity contribution in [2.75, 3.05) is 11.9 Å². The van der Waals surface area contributed by atoms with Gasteiger partial charge in [0.2, 0.25) is 0 Å². The number of benzene rings is 2. The summed E-state index contributed by atoms with van der Waals surface area (Å²) >= 11 is 4.80. The zero-order chi connectivity index (χ0) is 17.9. The fraction of sp³-hybridized carbons (Fsp3) is 0.167. The van der Waals surface area contributed by atoms with E-state index in [4.69, 9.17) is 12.6 Å². The first kappa shape index (κ1) is 16.8. The van der Waals surface area contributed by atoms with Gasteiger partial charge < -0.3 is 5.32 Å². The Morgan fingerprint density at radius 2 is 1.92 bits per heavy atom. The predicted molar refractivity (Wildman–Crippen MR) is 115 cm³/mol. The Balaban J connectivity index is 2.09. The van der Waals surface area contributed by atoms with Crippen LogP contribution >= 0.6 is 12.6 Å². The molecule has 1 nitrogen and oxygen atoms in total. The van der Waals surface area contributed by atoms with Crippen LogP contribution in [0.1, 0.15) is 18.9 Å². The average molecular weight is 356 g/mol. The third-order valence-corrected chi connectivity index (χ3v) is 5.06. The molecule has 26 heavy (non-hydrogen) atoms. The second-order valence-electron chi connectivity index (χ2n) is 6.53. The molecule has 0 fully saturated rings. The largest absolute Gasteiger partial charge is 0.380 e. The second kappa shape index (κ2) is 7.32. The molecule has 1 heterocycles. The minimum atomic E-state index is 0.0911. The second-order valence-corrected chi connectivity index (χ2v) is 7.30. The van der Waals surface area contributed by atoms with Gasteiger partial charge >= 0.3 is 0 Å². The van der Waals surface area contributed by atoms with Crippen LogP contribution in [0.4, 0.5) is 5.69 Å². The smallest absolute Gasteiger partial charge is 0.0420 e. The predicted octanol–water partition coefficient (Wildman–Crippen LogP) is 3.67. The number of nitrogens with one attached hydrogen (secondary N) is 1. The standard InChI is InChI=1S/C24H21NS/c1-17(26)24(18-10-4-2-3-5-11-18)21-14-7-6-12-19(21)22-16-25-23-15-9-8-13-20(22)23/h2,4,6-10,12-15,17,25-26H,3,16H2,1H3/b22-19+,24-21+. The van der Waals surface area contributed by atoms with E-state index in [-0.39, 0.29) is 5.25 Å². The molecule has 0 spiro atoms. The van der Waals surface area contributed by atoms with Crippen molar-refractivity contribution in [3.63, 3.8) is 0 Å². The van der Waals surface area contributed by atoms with Crippen LogP contribution in [0, 0.1) is 11.8 Å². The molecule has 2 heteroatoms. The molecule has 2 aromatic rings. The molecule has 1 aliphatic heterocycles. The fourth-order valence-electron chi connectivity index (χ4n) is 3.63. The third kappa shape index (κ3) is 3.11. The number of anilines is 1. The summed E-state index contributed by atoms with van der Waals surface area (Å²) in [6.07, 6.45) is 7.09. The van der Waals surface area contributed by atoms with E-state index in [1.807, 2.05) is 0 Å². The van der Waals surface area contributed by atoms with E-state index in [0.717, 1.165) is 18.5 Å². The molecular formula is C24H21NS. The van der Waals surface area contributed by atoms with Crippen LogP contribution in [0.2, 0.25) is 0 Å². The number of hydrogen-bond donors (Lipinski definition) is 2. The van der Waals surface area contributed by atoms with Crippen LogP contribution in [-0.4, -0.2) is 11.8 Å². The molecule has 1 unspecified atom stereocenters. The first-order valence-electron chi connectivity index (χ1n) is 8.95. The molecule has 0 bridgehead atoms. The Morgan fingerprint density at radius 3 is 2.81 bits per heavy atom. The Morgan fingerprint density at radius 1 is 1.12 bits per heavy atom. The number of fused-ring (bicyclic) bond motifs is 1. The lowest BCUT2D eigenvalue weighted by Gasteiger charge is -2.12. The zero-order valence-electron chi connectivity index (χ0n) is 14.8. The Labute approximate surface area is 160 Å². The zero-order valence-corrected chi connectivity index (χ0v) is 15.7. The Bertz CT molecular complexity index is 1090. The molecule has 0 saturated heterocycles. The van der Waals surface area contributed by atoms with Crippen LogP contribution in [0.3, 0.4) is 0 Å². The topological polar surface area (TPSA) is 12.0 Å². The number of allylic oxidation sites excluding steroid dienone is 4. The van der Waals surface area contributed by atoms with Crippen LogP contribution in [-0.2, 0) is 0 Å². The quantitative estimate of drug-likeness (QED) is 0.619. The summed E-state index contributed by atoms with van der Waals surface area (Å²) in [4.78, 5) is 0. The van der Waals surface area contributed by atoms with Crippen LogP contribution in [0.15, 0.2) is 72.3 Å². The van der Waals surface area contributed by atoms with E-state index in [1.165, 1.54) is 32.8 Å². The van der Waals surface area contributed by atoms with E-state index < -0.39 is 0 Å². The van der Waals surface area contributed by atoms with E-state index in [0.29, 0.717) is 0 Å². The maximum Gasteiger partial charge on any atom is 0.0420 e. The van der Waals surface area contributed by atoms with Crippen molar-refractivity contribution in [3.05, 3.63) is 88.3 Å². The lowest BCUT2D eigenvalue weighted by Crippen LogP contribution is -2.32. The maximum absolute atomic E-state index is 4.80. The molecule has 4 rings (SSSR count). The van der Waals surface area contributed by atoms with Crippen molar-refractivity contribution >= 4 is 29.5 Å². The fourth-order valence-corrected chi connectivity index (χ4v) is 3.91. The normalized spacial score (nSPS) is 19.4. The van der Waals surface area contributed by atoms with E-state index in [1.54, 1.807) is 0 Å². The van der Waals surface area contributed by atoms with Crippen molar-refractivity contribution in [2.45, 2.75) is 18.6 Å². The summed E-state index contributed by atoms with van der Waals surface area (Å²) in [6.45, 7) is 2.97. The molecule has 2 aromatic carbocycles. The highest BCUT2D eigenvalue weighted by Crippen LogP contribution is 2.28. The lowest BCUT2D eigenvalue weighted by molar-refractivity contribution is 1.24. The van der Waals surface area contributed by atoms with Crippen molar-refractivity contribution in [1.82, 2.24) is 0 Å². The SMILES string of the molecule is CC(S)/C(C1=CC=CCC#C1)=c1/cccc/c1=C1/CNc2ccccc21. The number of para-hydroxylation sites is 1. The summed E-state index contributed by atoms with van der Waals surface area (Å²) in [5.74, 6) is 6.56. The van der Waals surface area contributed by atoms with Crippen LogP contribution in [0.5, 0.6) is 0 Å². The Kier molecular flexibility index (Phi) is 4.73. The minimum Gasteiger partial charge on any atom is -0.380 e. The molecule has 128 valence electrons. The van der Waals surface area contributed by atoms with Gasteiger partial charge in [-0.2, -0.15) is 12.6 Å². The van der Waals surface area contributed by atoms with Gasteiger partial charge in [-0.1, -0.05) is 66.5 Å². The van der Waals surface area contributed by atoms with E-state index in [9.17, 15) is 0 Å². The highest BCUT2D eigenvalue weighted by molar-refractivity contribution is 7.81. The summed E-state index contributed by atoms with van der Waals surface area (Å²) in [6, 6.07) is 17.1. The van der Waals surface area contributed by atoms with Crippen molar-refractivity contribution in [1.29, 1.82) is 0 Å². The van der Waals surface area contributed by atoms with Crippen molar-refractivity contribution < 1.29 is 0 Å². The lowest BCUT2D eigenvalue weighted by atomic mass is 9.96. The molecule has 0 saturated carbocycles. The first-order valence-corrected chi connectivity index (χ1v) is 9.47.